The van der Waals surface area contributed by atoms with E-state index >= 15 is 0 Å². The SMILES string of the molecule is CCCCC/C=C\C/C=C\C/C=C\C/C=C\CCCCCC(=O)OCC(O)COP(=O)(O)OCCNC(=O)CCCCCCCCCCCCCCCCCCC. The van der Waals surface area contributed by atoms with Crippen LogP contribution in [0, 0.1) is 0 Å². The average Bonchev–Trinajstić information content (AvgIpc) is 3.20. The molecule has 0 aliphatic rings. The molecule has 0 aromatic carbocycles. The van der Waals surface area contributed by atoms with Crippen LogP contribution in [0.15, 0.2) is 48.6 Å². The Balaban J connectivity index is 3.63. The fourth-order valence-corrected chi connectivity index (χ4v) is 7.00. The summed E-state index contributed by atoms with van der Waals surface area (Å²) < 4.78 is 26.9. The zero-order valence-electron chi connectivity index (χ0n) is 36.5. The molecule has 0 aliphatic carbocycles. The standard InChI is InChI=1S/C47H86NO8P/c1-3-5-7-9-11-13-15-17-19-21-22-24-26-28-30-32-34-36-38-40-47(51)54-43-45(49)44-56-57(52,53)55-42-41-48-46(50)39-37-35-33-31-29-27-25-23-20-18-16-14-12-10-8-6-4-2/h11,13,17,19,22,24,28,30,45,49H,3-10,12,14-16,18,20-21,23,25-27,29,31-44H2,1-2H3,(H,48,50)(H,52,53)/b13-11-,19-17-,24-22-,30-28-. The van der Waals surface area contributed by atoms with Gasteiger partial charge in [-0.3, -0.25) is 18.6 Å². The minimum absolute atomic E-state index is 0.0788. The Morgan fingerprint density at radius 2 is 0.947 bits per heavy atom. The number of carbonyl (C=O) groups excluding carboxylic acids is 2. The number of ether oxygens (including phenoxy) is 1. The second-order valence-electron chi connectivity index (χ2n) is 15.4. The molecule has 10 heteroatoms. The van der Waals surface area contributed by atoms with Gasteiger partial charge >= 0.3 is 13.8 Å². The number of hydrogen-bond acceptors (Lipinski definition) is 7. The molecule has 0 fully saturated rings. The topological polar surface area (TPSA) is 131 Å². The van der Waals surface area contributed by atoms with Crippen molar-refractivity contribution in [1.82, 2.24) is 5.32 Å². The monoisotopic (exact) mass is 824 g/mol. The summed E-state index contributed by atoms with van der Waals surface area (Å²) in [5.41, 5.74) is 0. The molecule has 9 nitrogen and oxygen atoms in total. The van der Waals surface area contributed by atoms with Gasteiger partial charge in [-0.2, -0.15) is 0 Å². The van der Waals surface area contributed by atoms with Gasteiger partial charge in [0.1, 0.15) is 12.7 Å². The third-order valence-corrected chi connectivity index (χ3v) is 10.7. The van der Waals surface area contributed by atoms with Gasteiger partial charge in [-0.25, -0.2) is 4.57 Å². The van der Waals surface area contributed by atoms with E-state index in [4.69, 9.17) is 13.8 Å². The number of phosphoric ester groups is 1. The Morgan fingerprint density at radius 1 is 0.544 bits per heavy atom. The van der Waals surface area contributed by atoms with Gasteiger partial charge in [0.2, 0.25) is 5.91 Å². The molecule has 57 heavy (non-hydrogen) atoms. The highest BCUT2D eigenvalue weighted by molar-refractivity contribution is 7.47. The first-order valence-electron chi connectivity index (χ1n) is 23.1. The number of esters is 1. The van der Waals surface area contributed by atoms with Crippen molar-refractivity contribution in [2.75, 3.05) is 26.4 Å². The Bertz CT molecular complexity index is 1080. The van der Waals surface area contributed by atoms with Gasteiger partial charge in [0.05, 0.1) is 13.2 Å². The smallest absolute Gasteiger partial charge is 0.463 e. The summed E-state index contributed by atoms with van der Waals surface area (Å²) >= 11 is 0. The predicted octanol–water partition coefficient (Wildman–Crippen LogP) is 13.1. The molecule has 3 N–H and O–H groups in total. The largest absolute Gasteiger partial charge is 0.472 e. The van der Waals surface area contributed by atoms with Gasteiger partial charge in [0.25, 0.3) is 0 Å². The first kappa shape index (κ1) is 55.0. The van der Waals surface area contributed by atoms with Crippen molar-refractivity contribution in [3.63, 3.8) is 0 Å². The van der Waals surface area contributed by atoms with E-state index in [1.54, 1.807) is 0 Å². The van der Waals surface area contributed by atoms with Crippen LogP contribution in [-0.4, -0.2) is 54.3 Å². The molecule has 0 saturated carbocycles. The summed E-state index contributed by atoms with van der Waals surface area (Å²) in [6.45, 7) is 3.51. The van der Waals surface area contributed by atoms with E-state index < -0.39 is 26.5 Å². The number of allylic oxidation sites excluding steroid dienone is 8. The summed E-state index contributed by atoms with van der Waals surface area (Å²) in [7, 11) is -4.43. The number of phosphoric acid groups is 1. The lowest BCUT2D eigenvalue weighted by molar-refractivity contribution is -0.147. The lowest BCUT2D eigenvalue weighted by atomic mass is 10.0. The van der Waals surface area contributed by atoms with Crippen molar-refractivity contribution in [3.8, 4) is 0 Å². The van der Waals surface area contributed by atoms with Crippen molar-refractivity contribution < 1.29 is 37.9 Å². The summed E-state index contributed by atoms with van der Waals surface area (Å²) in [6.07, 6.45) is 50.4. The van der Waals surface area contributed by atoms with Crippen LogP contribution in [0.4, 0.5) is 0 Å². The van der Waals surface area contributed by atoms with Gasteiger partial charge in [-0.15, -0.1) is 0 Å². The molecule has 0 heterocycles. The molecule has 332 valence electrons. The number of hydrogen-bond donors (Lipinski definition) is 3. The highest BCUT2D eigenvalue weighted by Gasteiger charge is 2.23. The quantitative estimate of drug-likeness (QED) is 0.0240. The van der Waals surface area contributed by atoms with E-state index in [1.165, 1.54) is 116 Å². The molecule has 0 bridgehead atoms. The van der Waals surface area contributed by atoms with E-state index in [2.05, 4.69) is 67.8 Å². The molecule has 1 amide bonds. The molecule has 0 aromatic heterocycles. The maximum atomic E-state index is 12.1. The number of unbranched alkanes of at least 4 members (excludes halogenated alkanes) is 22. The molecular weight excluding hydrogens is 737 g/mol. The van der Waals surface area contributed by atoms with E-state index in [0.29, 0.717) is 12.8 Å². The van der Waals surface area contributed by atoms with Crippen LogP contribution < -0.4 is 5.32 Å². The fraction of sp³-hybridized carbons (Fsp3) is 0.787. The molecule has 0 aromatic rings. The van der Waals surface area contributed by atoms with Gasteiger partial charge < -0.3 is 20.1 Å². The normalized spacial score (nSPS) is 13.7. The minimum Gasteiger partial charge on any atom is -0.463 e. The first-order chi connectivity index (χ1) is 27.8. The van der Waals surface area contributed by atoms with Crippen LogP contribution in [-0.2, 0) is 27.9 Å². The van der Waals surface area contributed by atoms with Gasteiger partial charge in [-0.05, 0) is 57.8 Å². The summed E-state index contributed by atoms with van der Waals surface area (Å²) in [6, 6.07) is 0. The second kappa shape index (κ2) is 43.5. The molecule has 2 atom stereocenters. The van der Waals surface area contributed by atoms with Gasteiger partial charge in [0, 0.05) is 19.4 Å². The zero-order valence-corrected chi connectivity index (χ0v) is 37.4. The Labute approximate surface area is 349 Å². The molecule has 0 saturated heterocycles. The minimum atomic E-state index is -4.43. The van der Waals surface area contributed by atoms with Crippen molar-refractivity contribution in [2.24, 2.45) is 0 Å². The summed E-state index contributed by atoms with van der Waals surface area (Å²) in [5.74, 6) is -0.544. The Morgan fingerprint density at radius 3 is 1.46 bits per heavy atom. The van der Waals surface area contributed by atoms with E-state index in [9.17, 15) is 24.2 Å². The van der Waals surface area contributed by atoms with E-state index in [1.807, 2.05) is 0 Å². The van der Waals surface area contributed by atoms with Crippen molar-refractivity contribution in [2.45, 2.75) is 213 Å². The van der Waals surface area contributed by atoms with Crippen LogP contribution in [0.2, 0.25) is 0 Å². The van der Waals surface area contributed by atoms with Crippen molar-refractivity contribution >= 4 is 19.7 Å². The number of carbonyl (C=O) groups is 2. The Hall–Kier alpha value is -2.03. The Kier molecular flexibility index (Phi) is 42.0. The third kappa shape index (κ3) is 44.9. The fourth-order valence-electron chi connectivity index (χ4n) is 6.25. The molecule has 0 rings (SSSR count). The maximum absolute atomic E-state index is 12.1. The molecule has 0 aliphatic heterocycles. The summed E-state index contributed by atoms with van der Waals surface area (Å²) in [4.78, 5) is 34.0. The molecule has 0 radical (unpaired) electrons. The van der Waals surface area contributed by atoms with E-state index in [-0.39, 0.29) is 32.1 Å². The molecule has 0 spiro atoms. The predicted molar refractivity (Wildman–Crippen MR) is 238 cm³/mol. The number of nitrogens with one attached hydrogen (secondary N) is 1. The number of aliphatic hydroxyl groups excluding tert-OH is 1. The lowest BCUT2D eigenvalue weighted by Gasteiger charge is -2.15. The highest BCUT2D eigenvalue weighted by Crippen LogP contribution is 2.42. The molecular formula is C47H86NO8P. The number of amides is 1. The number of aliphatic hydroxyl groups is 1. The maximum Gasteiger partial charge on any atom is 0.472 e. The summed E-state index contributed by atoms with van der Waals surface area (Å²) in [5, 5.41) is 12.7. The van der Waals surface area contributed by atoms with Gasteiger partial charge in [0.15, 0.2) is 0 Å². The van der Waals surface area contributed by atoms with Gasteiger partial charge in [-0.1, -0.05) is 184 Å². The third-order valence-electron chi connectivity index (χ3n) is 9.76. The molecule has 2 unspecified atom stereocenters. The zero-order chi connectivity index (χ0) is 41.8. The van der Waals surface area contributed by atoms with Crippen molar-refractivity contribution in [3.05, 3.63) is 48.6 Å². The van der Waals surface area contributed by atoms with Crippen LogP contribution >= 0.6 is 7.82 Å². The lowest BCUT2D eigenvalue weighted by Crippen LogP contribution is -2.27. The van der Waals surface area contributed by atoms with Crippen LogP contribution in [0.5, 0.6) is 0 Å². The van der Waals surface area contributed by atoms with E-state index in [0.717, 1.165) is 57.8 Å². The average molecular weight is 824 g/mol. The van der Waals surface area contributed by atoms with Crippen LogP contribution in [0.3, 0.4) is 0 Å². The number of rotatable bonds is 43. The second-order valence-corrected chi connectivity index (χ2v) is 16.8. The van der Waals surface area contributed by atoms with Crippen LogP contribution in [0.25, 0.3) is 0 Å². The van der Waals surface area contributed by atoms with Crippen molar-refractivity contribution in [1.29, 1.82) is 0 Å². The first-order valence-corrected chi connectivity index (χ1v) is 24.6. The highest BCUT2D eigenvalue weighted by atomic mass is 31.2. The van der Waals surface area contributed by atoms with Crippen LogP contribution in [0.1, 0.15) is 206 Å².